The molecule has 0 heterocycles. The number of nitrogens with zero attached hydrogens (tertiary/aromatic N) is 1. The van der Waals surface area contributed by atoms with Gasteiger partial charge in [0.2, 0.25) is 0 Å². The van der Waals surface area contributed by atoms with Crippen molar-refractivity contribution in [2.24, 2.45) is 10.7 Å². The third-order valence-electron chi connectivity index (χ3n) is 2.72. The second-order valence-corrected chi connectivity index (χ2v) is 6.07. The lowest BCUT2D eigenvalue weighted by Gasteiger charge is -2.11. The maximum atomic E-state index is 11.2. The lowest BCUT2D eigenvalue weighted by Crippen LogP contribution is -2.12. The van der Waals surface area contributed by atoms with Gasteiger partial charge in [0.15, 0.2) is 0 Å². The molecule has 0 aliphatic carbocycles. The standard InChI is InChI=1S/C14H14ClN3O3S/c15-9-14(16)18-13-8-11(22(19,20)21)6-7-12(13)17-10-4-2-1-3-5-10/h1-8,17H,9H2,(H2,16,18)(H,19,20,21). The summed E-state index contributed by atoms with van der Waals surface area (Å²) < 4.78 is 31.6. The number of nitrogens with two attached hydrogens (primary N) is 1. The van der Waals surface area contributed by atoms with Crippen molar-refractivity contribution in [2.75, 3.05) is 11.2 Å². The molecule has 0 fully saturated rings. The number of rotatable bonds is 5. The number of nitrogens with one attached hydrogen (secondary N) is 1. The van der Waals surface area contributed by atoms with E-state index < -0.39 is 10.1 Å². The summed E-state index contributed by atoms with van der Waals surface area (Å²) in [5, 5.41) is 3.10. The van der Waals surface area contributed by atoms with Crippen molar-refractivity contribution < 1.29 is 13.0 Å². The first kappa shape index (κ1) is 16.3. The summed E-state index contributed by atoms with van der Waals surface area (Å²) in [7, 11) is -4.33. The normalized spacial score (nSPS) is 12.2. The second-order valence-electron chi connectivity index (χ2n) is 4.38. The first-order valence-electron chi connectivity index (χ1n) is 6.23. The van der Waals surface area contributed by atoms with Gasteiger partial charge in [0.05, 0.1) is 22.2 Å². The monoisotopic (exact) mass is 339 g/mol. The molecule has 0 amide bonds. The van der Waals surface area contributed by atoms with Gasteiger partial charge >= 0.3 is 0 Å². The van der Waals surface area contributed by atoms with Crippen LogP contribution in [0.25, 0.3) is 0 Å². The molecule has 2 rings (SSSR count). The van der Waals surface area contributed by atoms with E-state index >= 15 is 0 Å². The Morgan fingerprint density at radius 2 is 1.91 bits per heavy atom. The molecule has 0 unspecified atom stereocenters. The van der Waals surface area contributed by atoms with Crippen LogP contribution in [-0.2, 0) is 10.1 Å². The lowest BCUT2D eigenvalue weighted by atomic mass is 10.2. The quantitative estimate of drug-likeness (QED) is 0.336. The van der Waals surface area contributed by atoms with E-state index in [9.17, 15) is 8.42 Å². The number of anilines is 2. The van der Waals surface area contributed by atoms with Crippen molar-refractivity contribution in [2.45, 2.75) is 4.90 Å². The summed E-state index contributed by atoms with van der Waals surface area (Å²) in [6.45, 7) is 0. The third kappa shape index (κ3) is 4.20. The molecule has 6 nitrogen and oxygen atoms in total. The zero-order chi connectivity index (χ0) is 16.2. The van der Waals surface area contributed by atoms with Crippen LogP contribution in [0.15, 0.2) is 58.4 Å². The molecule has 116 valence electrons. The molecule has 22 heavy (non-hydrogen) atoms. The highest BCUT2D eigenvalue weighted by molar-refractivity contribution is 7.85. The summed E-state index contributed by atoms with van der Waals surface area (Å²) in [5.74, 6) is 0.131. The molecule has 0 bridgehead atoms. The first-order chi connectivity index (χ1) is 10.4. The summed E-state index contributed by atoms with van der Waals surface area (Å²) in [6.07, 6.45) is 0. The van der Waals surface area contributed by atoms with Crippen LogP contribution in [0.1, 0.15) is 0 Å². The Morgan fingerprint density at radius 1 is 1.23 bits per heavy atom. The van der Waals surface area contributed by atoms with Crippen LogP contribution in [0, 0.1) is 0 Å². The minimum Gasteiger partial charge on any atom is -0.386 e. The molecular weight excluding hydrogens is 326 g/mol. The molecule has 2 aromatic rings. The molecule has 4 N–H and O–H groups in total. The Morgan fingerprint density at radius 3 is 2.50 bits per heavy atom. The van der Waals surface area contributed by atoms with E-state index in [0.29, 0.717) is 5.69 Å². The Bertz CT molecular complexity index is 792. The van der Waals surface area contributed by atoms with Gasteiger partial charge in [-0.1, -0.05) is 18.2 Å². The van der Waals surface area contributed by atoms with Gasteiger partial charge in [0.1, 0.15) is 5.84 Å². The summed E-state index contributed by atoms with van der Waals surface area (Å²) >= 11 is 5.60. The summed E-state index contributed by atoms with van der Waals surface area (Å²) in [6, 6.07) is 13.3. The topological polar surface area (TPSA) is 105 Å². The van der Waals surface area contributed by atoms with E-state index in [0.717, 1.165) is 5.69 Å². The number of amidine groups is 1. The van der Waals surface area contributed by atoms with Crippen LogP contribution in [0.4, 0.5) is 17.1 Å². The second kappa shape index (κ2) is 6.78. The zero-order valence-electron chi connectivity index (χ0n) is 11.4. The molecule has 0 saturated carbocycles. The lowest BCUT2D eigenvalue weighted by molar-refractivity contribution is 0.483. The predicted molar refractivity (Wildman–Crippen MR) is 88.0 cm³/mol. The highest BCUT2D eigenvalue weighted by Crippen LogP contribution is 2.30. The molecule has 0 atom stereocenters. The van der Waals surface area contributed by atoms with E-state index in [-0.39, 0.29) is 22.3 Å². The van der Waals surface area contributed by atoms with E-state index in [1.54, 1.807) is 0 Å². The molecule has 2 aromatic carbocycles. The maximum Gasteiger partial charge on any atom is 0.294 e. The van der Waals surface area contributed by atoms with Crippen LogP contribution < -0.4 is 11.1 Å². The van der Waals surface area contributed by atoms with Gasteiger partial charge in [-0.15, -0.1) is 11.6 Å². The Kier molecular flexibility index (Phi) is 5.02. The number of aliphatic imine (C=N–C) groups is 1. The largest absolute Gasteiger partial charge is 0.386 e. The minimum absolute atomic E-state index is 0.000873. The average molecular weight is 340 g/mol. The number of benzene rings is 2. The van der Waals surface area contributed by atoms with Gasteiger partial charge in [-0.2, -0.15) is 8.42 Å². The Balaban J connectivity index is 2.48. The fourth-order valence-electron chi connectivity index (χ4n) is 1.73. The Hall–Kier alpha value is -2.09. The third-order valence-corrected chi connectivity index (χ3v) is 3.84. The predicted octanol–water partition coefficient (Wildman–Crippen LogP) is 2.90. The van der Waals surface area contributed by atoms with Crippen LogP contribution in [0.5, 0.6) is 0 Å². The smallest absolute Gasteiger partial charge is 0.294 e. The molecule has 0 spiro atoms. The Labute approximate surface area is 133 Å². The van der Waals surface area contributed by atoms with Crippen molar-refractivity contribution in [3.8, 4) is 0 Å². The number of hydrogen-bond donors (Lipinski definition) is 3. The van der Waals surface area contributed by atoms with Crippen molar-refractivity contribution in [3.05, 3.63) is 48.5 Å². The van der Waals surface area contributed by atoms with Crippen molar-refractivity contribution >= 4 is 44.6 Å². The zero-order valence-corrected chi connectivity index (χ0v) is 13.0. The van der Waals surface area contributed by atoms with E-state index in [4.69, 9.17) is 21.9 Å². The van der Waals surface area contributed by atoms with Crippen molar-refractivity contribution in [1.29, 1.82) is 0 Å². The highest BCUT2D eigenvalue weighted by Gasteiger charge is 2.13. The van der Waals surface area contributed by atoms with Crippen molar-refractivity contribution in [1.82, 2.24) is 0 Å². The van der Waals surface area contributed by atoms with Gasteiger partial charge in [0, 0.05) is 5.69 Å². The maximum absolute atomic E-state index is 11.2. The molecule has 0 aromatic heterocycles. The summed E-state index contributed by atoms with van der Waals surface area (Å²) in [4.78, 5) is 3.80. The van der Waals surface area contributed by atoms with Crippen LogP contribution >= 0.6 is 11.6 Å². The van der Waals surface area contributed by atoms with Crippen LogP contribution in [-0.4, -0.2) is 24.7 Å². The highest BCUT2D eigenvalue weighted by atomic mass is 35.5. The molecule has 0 aliphatic heterocycles. The van der Waals surface area contributed by atoms with Crippen molar-refractivity contribution in [3.63, 3.8) is 0 Å². The number of para-hydroxylation sites is 1. The minimum atomic E-state index is -4.33. The number of hydrogen-bond acceptors (Lipinski definition) is 4. The molecular formula is C14H14ClN3O3S. The van der Waals surface area contributed by atoms with Gasteiger partial charge in [-0.3, -0.25) is 4.55 Å². The number of alkyl halides is 1. The van der Waals surface area contributed by atoms with Gasteiger partial charge in [0.25, 0.3) is 10.1 Å². The molecule has 0 aliphatic rings. The fraction of sp³-hybridized carbons (Fsp3) is 0.0714. The molecule has 0 saturated heterocycles. The van der Waals surface area contributed by atoms with Gasteiger partial charge in [-0.25, -0.2) is 4.99 Å². The van der Waals surface area contributed by atoms with Gasteiger partial charge < -0.3 is 11.1 Å². The molecule has 8 heteroatoms. The summed E-state index contributed by atoms with van der Waals surface area (Å²) in [5.41, 5.74) is 7.19. The fourth-order valence-corrected chi connectivity index (χ4v) is 2.29. The van der Waals surface area contributed by atoms with E-state index in [1.165, 1.54) is 18.2 Å². The van der Waals surface area contributed by atoms with E-state index in [1.807, 2.05) is 30.3 Å². The average Bonchev–Trinajstić information content (AvgIpc) is 2.49. The van der Waals surface area contributed by atoms with Gasteiger partial charge in [-0.05, 0) is 30.3 Å². The van der Waals surface area contributed by atoms with Crippen LogP contribution in [0.3, 0.4) is 0 Å². The first-order valence-corrected chi connectivity index (χ1v) is 8.20. The SMILES string of the molecule is NC(CCl)=Nc1cc(S(=O)(=O)O)ccc1Nc1ccccc1. The number of halogens is 1. The molecule has 0 radical (unpaired) electrons. The van der Waals surface area contributed by atoms with Crippen LogP contribution in [0.2, 0.25) is 0 Å². The van der Waals surface area contributed by atoms with E-state index in [2.05, 4.69) is 10.3 Å².